The van der Waals surface area contributed by atoms with Crippen LogP contribution in [0.2, 0.25) is 5.02 Å². The summed E-state index contributed by atoms with van der Waals surface area (Å²) in [5.74, 6) is 1.16. The van der Waals surface area contributed by atoms with Crippen LogP contribution in [0, 0.1) is 0 Å². The second-order valence-corrected chi connectivity index (χ2v) is 9.36. The average molecular weight is 439 g/mol. The number of hydrogen-bond donors (Lipinski definition) is 1. The van der Waals surface area contributed by atoms with Gasteiger partial charge >= 0.3 is 0 Å². The van der Waals surface area contributed by atoms with Crippen molar-refractivity contribution in [3.05, 3.63) is 52.0 Å². The maximum atomic E-state index is 11.1. The number of benzene rings is 2. The van der Waals surface area contributed by atoms with Crippen LogP contribution in [0.4, 0.5) is 0 Å². The quantitative estimate of drug-likeness (QED) is 0.464. The third kappa shape index (κ3) is 4.30. The number of rotatable bonds is 6. The van der Waals surface area contributed by atoms with Gasteiger partial charge in [0.15, 0.2) is 18.0 Å². The number of aryl methyl sites for hydroxylation is 1. The minimum atomic E-state index is -3.99. The van der Waals surface area contributed by atoms with Crippen molar-refractivity contribution in [3.63, 3.8) is 0 Å². The van der Waals surface area contributed by atoms with E-state index in [9.17, 15) is 8.42 Å². The first-order chi connectivity index (χ1) is 13.4. The Balaban J connectivity index is 1.66. The number of aromatic nitrogens is 1. The summed E-state index contributed by atoms with van der Waals surface area (Å²) in [7, 11) is -3.99. The summed E-state index contributed by atoms with van der Waals surface area (Å²) < 4.78 is 44.9. The Bertz CT molecular complexity index is 1170. The van der Waals surface area contributed by atoms with E-state index in [1.807, 2.05) is 53.1 Å². The monoisotopic (exact) mass is 438 g/mol. The molecule has 28 heavy (non-hydrogen) atoms. The van der Waals surface area contributed by atoms with Gasteiger partial charge in [0.2, 0.25) is 12.3 Å². The highest BCUT2D eigenvalue weighted by atomic mass is 35.5. The van der Waals surface area contributed by atoms with Crippen LogP contribution >= 0.6 is 22.9 Å². The Hall–Kier alpha value is -2.13. The van der Waals surface area contributed by atoms with Crippen LogP contribution in [0.1, 0.15) is 17.0 Å². The Morgan fingerprint density at radius 2 is 1.96 bits per heavy atom. The van der Waals surface area contributed by atoms with Gasteiger partial charge in [-0.15, -0.1) is 0 Å². The number of fused-ring (bicyclic) bond motifs is 2. The highest BCUT2D eigenvalue weighted by Crippen LogP contribution is 2.33. The third-order valence-electron chi connectivity index (χ3n) is 4.29. The van der Waals surface area contributed by atoms with E-state index in [4.69, 9.17) is 25.6 Å². The van der Waals surface area contributed by atoms with E-state index in [0.717, 1.165) is 26.5 Å². The highest BCUT2D eigenvalue weighted by molar-refractivity contribution is 7.85. The fourth-order valence-electron chi connectivity index (χ4n) is 3.02. The van der Waals surface area contributed by atoms with E-state index in [1.165, 1.54) is 0 Å². The van der Waals surface area contributed by atoms with Gasteiger partial charge in [0.1, 0.15) is 4.70 Å². The topological polar surface area (TPSA) is 76.7 Å². The van der Waals surface area contributed by atoms with Crippen LogP contribution in [0.3, 0.4) is 0 Å². The molecular weight excluding hydrogens is 422 g/mol. The molecule has 0 amide bonds. The van der Waals surface area contributed by atoms with Crippen molar-refractivity contribution < 1.29 is 27.0 Å². The van der Waals surface area contributed by atoms with Crippen molar-refractivity contribution >= 4 is 55.4 Å². The molecule has 3 aromatic rings. The first kappa shape index (κ1) is 19.2. The summed E-state index contributed by atoms with van der Waals surface area (Å²) in [5.41, 5.74) is 1.89. The molecule has 0 spiro atoms. The predicted octanol–water partition coefficient (Wildman–Crippen LogP) is 4.02. The van der Waals surface area contributed by atoms with Crippen molar-refractivity contribution in [3.8, 4) is 11.5 Å². The molecule has 0 unspecified atom stereocenters. The van der Waals surface area contributed by atoms with Crippen molar-refractivity contribution in [2.24, 2.45) is 0 Å². The first-order valence-corrected chi connectivity index (χ1v) is 11.3. The molecule has 6 nitrogen and oxygen atoms in total. The zero-order chi connectivity index (χ0) is 19.7. The number of hydrogen-bond acceptors (Lipinski definition) is 5. The molecule has 0 fully saturated rings. The molecule has 0 saturated carbocycles. The lowest BCUT2D eigenvalue weighted by molar-refractivity contribution is -0.668. The summed E-state index contributed by atoms with van der Waals surface area (Å²) >= 11 is 7.73. The van der Waals surface area contributed by atoms with Crippen LogP contribution in [-0.4, -0.2) is 25.5 Å². The van der Waals surface area contributed by atoms with Crippen molar-refractivity contribution in [2.75, 3.05) is 12.5 Å². The van der Waals surface area contributed by atoms with E-state index in [1.54, 1.807) is 11.3 Å². The van der Waals surface area contributed by atoms with Crippen LogP contribution < -0.4 is 14.0 Å². The summed E-state index contributed by atoms with van der Waals surface area (Å²) in [6, 6.07) is 11.3. The van der Waals surface area contributed by atoms with Crippen molar-refractivity contribution in [1.29, 1.82) is 0 Å². The molecule has 1 N–H and O–H groups in total. The van der Waals surface area contributed by atoms with E-state index >= 15 is 0 Å². The lowest BCUT2D eigenvalue weighted by atomic mass is 10.2. The van der Waals surface area contributed by atoms with Gasteiger partial charge in [-0.2, -0.15) is 13.0 Å². The Morgan fingerprint density at radius 3 is 2.79 bits per heavy atom. The molecule has 2 aromatic carbocycles. The van der Waals surface area contributed by atoms with Gasteiger partial charge in [-0.3, -0.25) is 4.55 Å². The van der Waals surface area contributed by atoms with Crippen LogP contribution in [0.15, 0.2) is 36.4 Å². The lowest BCUT2D eigenvalue weighted by Gasteiger charge is -1.99. The predicted molar refractivity (Wildman–Crippen MR) is 110 cm³/mol. The number of nitrogens with zero attached hydrogens (tertiary/aromatic N) is 1. The molecule has 0 bridgehead atoms. The van der Waals surface area contributed by atoms with Crippen molar-refractivity contribution in [2.45, 2.75) is 13.0 Å². The van der Waals surface area contributed by atoms with Crippen molar-refractivity contribution in [1.82, 2.24) is 0 Å². The van der Waals surface area contributed by atoms with Gasteiger partial charge in [-0.05, 0) is 35.9 Å². The molecule has 2 heterocycles. The lowest BCUT2D eigenvalue weighted by Crippen LogP contribution is -2.36. The largest absolute Gasteiger partial charge is 0.454 e. The fraction of sp³-hybridized carbons (Fsp3) is 0.211. The molecule has 146 valence electrons. The molecule has 9 heteroatoms. The van der Waals surface area contributed by atoms with E-state index in [0.29, 0.717) is 23.7 Å². The van der Waals surface area contributed by atoms with Gasteiger partial charge < -0.3 is 9.47 Å². The van der Waals surface area contributed by atoms with E-state index < -0.39 is 10.1 Å². The first-order valence-electron chi connectivity index (χ1n) is 8.54. The molecule has 1 aliphatic heterocycles. The second kappa shape index (κ2) is 7.71. The maximum Gasteiger partial charge on any atom is 0.265 e. The summed E-state index contributed by atoms with van der Waals surface area (Å²) in [4.78, 5) is 0. The van der Waals surface area contributed by atoms with Crippen LogP contribution in [-0.2, 0) is 16.7 Å². The normalized spacial score (nSPS) is 13.6. The molecule has 1 aromatic heterocycles. The minimum Gasteiger partial charge on any atom is -0.454 e. The molecule has 4 rings (SSSR count). The molecule has 0 saturated heterocycles. The smallest absolute Gasteiger partial charge is 0.265 e. The Morgan fingerprint density at radius 1 is 1.14 bits per heavy atom. The maximum absolute atomic E-state index is 11.1. The molecule has 0 radical (unpaired) electrons. The zero-order valence-electron chi connectivity index (χ0n) is 14.7. The summed E-state index contributed by atoms with van der Waals surface area (Å²) in [5, 5.41) is 1.56. The number of thiazole rings is 1. The third-order valence-corrected chi connectivity index (χ3v) is 6.46. The highest BCUT2D eigenvalue weighted by Gasteiger charge is 2.20. The van der Waals surface area contributed by atoms with E-state index in [2.05, 4.69) is 0 Å². The summed E-state index contributed by atoms with van der Waals surface area (Å²) in [6.45, 7) is 0.675. The van der Waals surface area contributed by atoms with Gasteiger partial charge in [-0.25, -0.2) is 0 Å². The molecule has 0 atom stereocenters. The Labute approximate surface area is 171 Å². The van der Waals surface area contributed by atoms with Gasteiger partial charge in [-0.1, -0.05) is 29.0 Å². The zero-order valence-corrected chi connectivity index (χ0v) is 17.1. The Kier molecular flexibility index (Phi) is 5.29. The van der Waals surface area contributed by atoms with Gasteiger partial charge in [0.25, 0.3) is 15.1 Å². The van der Waals surface area contributed by atoms with Crippen LogP contribution in [0.25, 0.3) is 22.4 Å². The standard InChI is InChI=1S/C19H16ClNO5S2/c20-14-4-6-18-15(11-14)21(8-1-9-28(22,23)24)19(27-18)7-3-13-2-5-16-17(10-13)26-12-25-16/h2-7,10-11H,1,8-9,12H2/p+1/b7-3+. The van der Waals surface area contributed by atoms with Gasteiger partial charge in [0.05, 0.1) is 5.75 Å². The van der Waals surface area contributed by atoms with Gasteiger partial charge in [0, 0.05) is 23.6 Å². The average Bonchev–Trinajstić information content (AvgIpc) is 3.23. The fourth-order valence-corrected chi connectivity index (χ4v) is 4.75. The number of halogens is 1. The SMILES string of the molecule is O=S(=O)(O)CCC[n+]1c(/C=C/c2ccc3c(c2)OCO3)sc2ccc(Cl)cc21. The van der Waals surface area contributed by atoms with E-state index in [-0.39, 0.29) is 12.5 Å². The molecule has 1 aliphatic rings. The van der Waals surface area contributed by atoms with Crippen LogP contribution in [0.5, 0.6) is 11.5 Å². The minimum absolute atomic E-state index is 0.230. The number of ether oxygens (including phenoxy) is 2. The summed E-state index contributed by atoms with van der Waals surface area (Å²) in [6.07, 6.45) is 4.24. The second-order valence-electron chi connectivity index (χ2n) is 6.29. The molecular formula is C19H17ClNO5S2+. The molecule has 0 aliphatic carbocycles.